The third-order valence-electron chi connectivity index (χ3n) is 6.30. The van der Waals surface area contributed by atoms with Gasteiger partial charge in [-0.15, -0.1) is 11.3 Å². The molecule has 39 heavy (non-hydrogen) atoms. The quantitative estimate of drug-likeness (QED) is 0.192. The van der Waals surface area contributed by atoms with Gasteiger partial charge in [-0.2, -0.15) is 17.6 Å². The number of hydrogen-bond acceptors (Lipinski definition) is 4. The molecule has 11 heteroatoms. The van der Waals surface area contributed by atoms with Crippen LogP contribution in [0.4, 0.5) is 26.3 Å². The summed E-state index contributed by atoms with van der Waals surface area (Å²) in [4.78, 5) is 10.0. The molecule has 2 aromatic carbocycles. The van der Waals surface area contributed by atoms with Crippen LogP contribution in [-0.4, -0.2) is 36.3 Å². The lowest BCUT2D eigenvalue weighted by Gasteiger charge is -2.25. The third kappa shape index (κ3) is 5.91. The normalized spacial score (nSPS) is 17.2. The molecule has 0 spiro atoms. The van der Waals surface area contributed by atoms with Crippen LogP contribution in [0.5, 0.6) is 5.75 Å². The van der Waals surface area contributed by atoms with E-state index in [9.17, 15) is 26.3 Å². The molecule has 4 rings (SSSR count). The molecule has 3 nitrogen and oxygen atoms in total. The minimum atomic E-state index is -4.78. The number of hydrogen-bond donors (Lipinski definition) is 0. The molecule has 0 N–H and O–H groups in total. The Hall–Kier alpha value is -3.11. The highest BCUT2D eigenvalue weighted by molar-refractivity contribution is 7.13. The van der Waals surface area contributed by atoms with Gasteiger partial charge in [0.2, 0.25) is 0 Å². The Morgan fingerprint density at radius 3 is 2.49 bits per heavy atom. The fourth-order valence-electron chi connectivity index (χ4n) is 4.07. The predicted molar refractivity (Wildman–Crippen MR) is 143 cm³/mol. The molecule has 0 saturated carbocycles. The smallest absolute Gasteiger partial charge is 0.430 e. The minimum Gasteiger partial charge on any atom is -0.430 e. The monoisotopic (exact) mass is 584 g/mol. The van der Waals surface area contributed by atoms with Crippen molar-refractivity contribution in [2.75, 3.05) is 6.54 Å². The number of aliphatic imine (C=N–C) groups is 2. The fourth-order valence-corrected chi connectivity index (χ4v) is 5.52. The van der Waals surface area contributed by atoms with Crippen LogP contribution in [0, 0.1) is 18.7 Å². The molecular weight excluding hydrogens is 562 g/mol. The van der Waals surface area contributed by atoms with Crippen LogP contribution >= 0.6 is 22.9 Å². The molecule has 0 radical (unpaired) electrons. The second kappa shape index (κ2) is 11.2. The molecule has 0 aliphatic carbocycles. The van der Waals surface area contributed by atoms with Crippen molar-refractivity contribution in [3.05, 3.63) is 87.3 Å². The average Bonchev–Trinajstić information content (AvgIpc) is 3.16. The summed E-state index contributed by atoms with van der Waals surface area (Å²) in [6.07, 6.45) is -8.19. The van der Waals surface area contributed by atoms with Crippen molar-refractivity contribution < 1.29 is 31.1 Å². The largest absolute Gasteiger partial charge is 0.436 e. The molecule has 0 fully saturated rings. The summed E-state index contributed by atoms with van der Waals surface area (Å²) in [6, 6.07) is 9.60. The lowest BCUT2D eigenvalue weighted by Crippen LogP contribution is -2.46. The summed E-state index contributed by atoms with van der Waals surface area (Å²) in [5, 5.41) is 2.07. The van der Waals surface area contributed by atoms with Gasteiger partial charge in [0, 0.05) is 12.5 Å². The van der Waals surface area contributed by atoms with E-state index < -0.39 is 29.8 Å². The van der Waals surface area contributed by atoms with Crippen LogP contribution in [0.1, 0.15) is 29.3 Å². The van der Waals surface area contributed by atoms with E-state index in [4.69, 9.17) is 16.6 Å². The average molecular weight is 585 g/mol. The maximum atomic E-state index is 14.6. The summed E-state index contributed by atoms with van der Waals surface area (Å²) in [5.74, 6) is -5.26. The van der Waals surface area contributed by atoms with Crippen molar-refractivity contribution in [3.8, 4) is 16.9 Å². The first-order valence-corrected chi connectivity index (χ1v) is 13.1. The predicted octanol–water partition coefficient (Wildman–Crippen LogP) is 8.92. The zero-order valence-corrected chi connectivity index (χ0v) is 22.4. The first kappa shape index (κ1) is 28.9. The molecule has 206 valence electrons. The first-order valence-electron chi connectivity index (χ1n) is 11.8. The van der Waals surface area contributed by atoms with E-state index in [1.807, 2.05) is 19.2 Å². The number of amidine groups is 1. The Bertz CT molecular complexity index is 1410. The maximum Gasteiger partial charge on any atom is 0.436 e. The van der Waals surface area contributed by atoms with Gasteiger partial charge in [0.25, 0.3) is 6.17 Å². The lowest BCUT2D eigenvalue weighted by atomic mass is 9.96. The zero-order valence-electron chi connectivity index (χ0n) is 20.8. The van der Waals surface area contributed by atoms with Crippen molar-refractivity contribution in [1.82, 2.24) is 0 Å². The van der Waals surface area contributed by atoms with Gasteiger partial charge < -0.3 is 4.74 Å². The van der Waals surface area contributed by atoms with Gasteiger partial charge in [0.15, 0.2) is 5.84 Å². The number of thiophene rings is 1. The molecule has 0 amide bonds. The van der Waals surface area contributed by atoms with E-state index in [-0.39, 0.29) is 28.4 Å². The Kier molecular flexibility index (Phi) is 8.28. The first-order chi connectivity index (χ1) is 18.4. The van der Waals surface area contributed by atoms with Crippen LogP contribution in [-0.2, 0) is 0 Å². The molecule has 2 unspecified atom stereocenters. The number of rotatable bonds is 8. The number of allylic oxidation sites excluding steroid dienone is 1. The van der Waals surface area contributed by atoms with E-state index in [2.05, 4.69) is 16.3 Å². The molecule has 1 aromatic heterocycles. The standard InChI is InChI=1S/C28H23ClF6N2OS/c1-4-27(32,33)26(31)28(34,35)38-18-10-8-17(9-11-18)19-14-39-24(16(19)3)23-15(2)12-13-36-25(37-23)22-20(29)6-5-7-21(22)30/h4-11,14-15,26H,1,12-13H2,2-3H3. The third-order valence-corrected chi connectivity index (χ3v) is 7.72. The van der Waals surface area contributed by atoms with Gasteiger partial charge in [0.05, 0.1) is 21.2 Å². The van der Waals surface area contributed by atoms with E-state index in [1.54, 1.807) is 6.07 Å². The van der Waals surface area contributed by atoms with Gasteiger partial charge in [-0.05, 0) is 65.8 Å². The van der Waals surface area contributed by atoms with Crippen molar-refractivity contribution in [2.45, 2.75) is 38.5 Å². The Labute approximate surface area is 230 Å². The summed E-state index contributed by atoms with van der Waals surface area (Å²) >= 11 is 7.67. The molecule has 2 atom stereocenters. The molecular formula is C28H23ClF6N2OS. The molecule has 0 bridgehead atoms. The lowest BCUT2D eigenvalue weighted by molar-refractivity contribution is -0.260. The zero-order chi connectivity index (χ0) is 28.5. The highest BCUT2D eigenvalue weighted by Gasteiger charge is 2.56. The van der Waals surface area contributed by atoms with E-state index in [0.717, 1.165) is 33.8 Å². The number of benzene rings is 2. The second-order valence-corrected chi connectivity index (χ2v) is 10.3. The van der Waals surface area contributed by atoms with Gasteiger partial charge in [-0.3, -0.25) is 4.99 Å². The van der Waals surface area contributed by atoms with E-state index in [0.29, 0.717) is 18.5 Å². The molecule has 1 aliphatic rings. The topological polar surface area (TPSA) is 34.0 Å². The molecule has 3 aromatic rings. The number of ether oxygens (including phenoxy) is 1. The van der Waals surface area contributed by atoms with Crippen LogP contribution in [0.15, 0.2) is 70.5 Å². The molecule has 2 heterocycles. The molecule has 1 aliphatic heterocycles. The van der Waals surface area contributed by atoms with Crippen LogP contribution in [0.3, 0.4) is 0 Å². The van der Waals surface area contributed by atoms with Gasteiger partial charge in [-0.25, -0.2) is 13.8 Å². The number of alkyl halides is 5. The van der Waals surface area contributed by atoms with Gasteiger partial charge in [0.1, 0.15) is 11.6 Å². The van der Waals surface area contributed by atoms with Crippen molar-refractivity contribution in [1.29, 1.82) is 0 Å². The van der Waals surface area contributed by atoms with E-state index >= 15 is 0 Å². The van der Waals surface area contributed by atoms with Gasteiger partial charge >= 0.3 is 12.0 Å². The van der Waals surface area contributed by atoms with Crippen molar-refractivity contribution >= 4 is 34.5 Å². The number of nitrogens with zero attached hydrogens (tertiary/aromatic N) is 2. The van der Waals surface area contributed by atoms with E-state index in [1.165, 1.54) is 35.6 Å². The highest BCUT2D eigenvalue weighted by atomic mass is 35.5. The van der Waals surface area contributed by atoms with Crippen LogP contribution < -0.4 is 4.74 Å². The van der Waals surface area contributed by atoms with Crippen LogP contribution in [0.25, 0.3) is 11.1 Å². The molecule has 0 saturated heterocycles. The second-order valence-electron chi connectivity index (χ2n) is 9.02. The van der Waals surface area contributed by atoms with Gasteiger partial charge in [-0.1, -0.05) is 43.3 Å². The fraction of sp³-hybridized carbons (Fsp3) is 0.286. The Morgan fingerprint density at radius 1 is 1.15 bits per heavy atom. The maximum absolute atomic E-state index is 14.6. The Balaban J connectivity index is 1.62. The number of halogens is 7. The Morgan fingerprint density at radius 2 is 1.85 bits per heavy atom. The summed E-state index contributed by atoms with van der Waals surface area (Å²) in [5.41, 5.74) is 3.10. The summed E-state index contributed by atoms with van der Waals surface area (Å²) in [7, 11) is 0. The minimum absolute atomic E-state index is 0.00217. The SMILES string of the molecule is C=CC(F)(F)C(F)C(F)(F)Oc1ccc(-c2csc(C3=NC(c4c(F)cccc4Cl)=NCCC3C)c2C)cc1. The highest BCUT2D eigenvalue weighted by Crippen LogP contribution is 2.38. The van der Waals surface area contributed by atoms with Crippen LogP contribution in [0.2, 0.25) is 5.02 Å². The summed E-state index contributed by atoms with van der Waals surface area (Å²) in [6.45, 7) is 7.00. The van der Waals surface area contributed by atoms with Crippen molar-refractivity contribution in [2.24, 2.45) is 15.9 Å². The van der Waals surface area contributed by atoms with Crippen molar-refractivity contribution in [3.63, 3.8) is 0 Å². The summed E-state index contributed by atoms with van der Waals surface area (Å²) < 4.78 is 87.2.